The van der Waals surface area contributed by atoms with E-state index in [1.165, 1.54) is 0 Å². The average Bonchev–Trinajstić information content (AvgIpc) is 2.87. The number of ether oxygens (including phenoxy) is 1. The number of carbonyl (C=O) groups is 2. The van der Waals surface area contributed by atoms with Crippen LogP contribution in [0.15, 0.2) is 28.7 Å². The number of pyridine rings is 1. The van der Waals surface area contributed by atoms with Gasteiger partial charge in [-0.25, -0.2) is 18.2 Å². The van der Waals surface area contributed by atoms with Crippen LogP contribution in [0, 0.1) is 18.6 Å². The summed E-state index contributed by atoms with van der Waals surface area (Å²) in [6.07, 6.45) is 1.21. The monoisotopic (exact) mass is 611 g/mol. The van der Waals surface area contributed by atoms with Crippen molar-refractivity contribution < 1.29 is 27.5 Å². The highest BCUT2D eigenvalue weighted by Gasteiger charge is 2.28. The molecule has 6 nitrogen and oxygen atoms in total. The molecule has 1 fully saturated rings. The molecule has 1 saturated heterocycles. The first-order valence-electron chi connectivity index (χ1n) is 12.3. The van der Waals surface area contributed by atoms with E-state index in [1.807, 2.05) is 6.92 Å². The highest BCUT2D eigenvalue weighted by molar-refractivity contribution is 9.10. The molecule has 1 aliphatic rings. The Hall–Kier alpha value is -2.85. The number of hydrogen-bond acceptors (Lipinski definition) is 5. The quantitative estimate of drug-likeness (QED) is 0.170. The number of fused-ring (bicyclic) bond motifs is 1. The van der Waals surface area contributed by atoms with Crippen LogP contribution in [0.5, 0.6) is 5.75 Å². The first-order valence-corrected chi connectivity index (χ1v) is 13.5. The molecule has 1 amide bonds. The molecule has 1 aliphatic heterocycles. The minimum atomic E-state index is -1.17. The standard InChI is InChI=1S/C27H26BrClF3N3O3/c1-3-4-7-21(36)38-25-23(32)18(29)12-19(31)24(25)34-27(37)22-14(2)26(35-10-5-6-16(30)13-35)33-20-9-8-15(28)11-17(20)22/h8-9,11-12,16H,3-7,10,13H2,1-2H3,(H,34,37). The second kappa shape index (κ2) is 11.9. The molecule has 202 valence electrons. The second-order valence-corrected chi connectivity index (χ2v) is 10.5. The lowest BCUT2D eigenvalue weighted by Gasteiger charge is -2.32. The fourth-order valence-electron chi connectivity index (χ4n) is 4.48. The molecular weight excluding hydrogens is 587 g/mol. The summed E-state index contributed by atoms with van der Waals surface area (Å²) in [5.41, 5.74) is 0.405. The highest BCUT2D eigenvalue weighted by Crippen LogP contribution is 2.38. The Bertz CT molecular complexity index is 1410. The molecular formula is C27H26BrClF3N3O3. The largest absolute Gasteiger partial charge is 0.421 e. The summed E-state index contributed by atoms with van der Waals surface area (Å²) in [5.74, 6) is -4.17. The summed E-state index contributed by atoms with van der Waals surface area (Å²) in [6, 6.07) is 5.85. The van der Waals surface area contributed by atoms with Crippen molar-refractivity contribution in [1.29, 1.82) is 0 Å². The van der Waals surface area contributed by atoms with Crippen molar-refractivity contribution in [2.45, 2.75) is 52.1 Å². The smallest absolute Gasteiger partial charge is 0.311 e. The van der Waals surface area contributed by atoms with Crippen molar-refractivity contribution in [1.82, 2.24) is 4.98 Å². The lowest BCUT2D eigenvalue weighted by molar-refractivity contribution is -0.134. The normalized spacial score (nSPS) is 15.6. The summed E-state index contributed by atoms with van der Waals surface area (Å²) in [7, 11) is 0. The van der Waals surface area contributed by atoms with Gasteiger partial charge in [0.25, 0.3) is 5.91 Å². The molecule has 2 heterocycles. The van der Waals surface area contributed by atoms with E-state index >= 15 is 4.39 Å². The number of nitrogens with zero attached hydrogens (tertiary/aromatic N) is 2. The molecule has 0 spiro atoms. The minimum absolute atomic E-state index is 0.0195. The summed E-state index contributed by atoms with van der Waals surface area (Å²) in [5, 5.41) is 2.24. The number of anilines is 2. The molecule has 1 atom stereocenters. The first kappa shape index (κ1) is 28.2. The fourth-order valence-corrected chi connectivity index (χ4v) is 5.03. The number of amides is 1. The molecule has 1 aromatic heterocycles. The van der Waals surface area contributed by atoms with Crippen LogP contribution in [-0.4, -0.2) is 36.1 Å². The third-order valence-electron chi connectivity index (χ3n) is 6.37. The lowest BCUT2D eigenvalue weighted by atomic mass is 10.0. The van der Waals surface area contributed by atoms with Gasteiger partial charge in [0.2, 0.25) is 0 Å². The molecule has 3 aromatic rings. The Morgan fingerprint density at radius 3 is 2.76 bits per heavy atom. The topological polar surface area (TPSA) is 71.5 Å². The van der Waals surface area contributed by atoms with Gasteiger partial charge in [-0.1, -0.05) is 40.9 Å². The number of halogens is 5. The summed E-state index contributed by atoms with van der Waals surface area (Å²) >= 11 is 9.20. The zero-order valence-corrected chi connectivity index (χ0v) is 23.2. The first-order chi connectivity index (χ1) is 18.1. The van der Waals surface area contributed by atoms with Crippen LogP contribution in [0.4, 0.5) is 24.7 Å². The van der Waals surface area contributed by atoms with Crippen molar-refractivity contribution >= 4 is 61.8 Å². The number of piperidine rings is 1. The van der Waals surface area contributed by atoms with E-state index in [2.05, 4.69) is 21.2 Å². The van der Waals surface area contributed by atoms with E-state index in [4.69, 9.17) is 21.3 Å². The molecule has 0 bridgehead atoms. The zero-order chi connectivity index (χ0) is 27.6. The number of hydrogen-bond donors (Lipinski definition) is 1. The van der Waals surface area contributed by atoms with Gasteiger partial charge in [-0.05, 0) is 50.5 Å². The van der Waals surface area contributed by atoms with Crippen LogP contribution >= 0.6 is 27.5 Å². The van der Waals surface area contributed by atoms with Gasteiger partial charge in [-0.15, -0.1) is 0 Å². The molecule has 2 aromatic carbocycles. The highest BCUT2D eigenvalue weighted by atomic mass is 79.9. The number of aromatic nitrogens is 1. The Balaban J connectivity index is 1.80. The number of esters is 1. The van der Waals surface area contributed by atoms with Gasteiger partial charge in [0.1, 0.15) is 17.7 Å². The second-order valence-electron chi connectivity index (χ2n) is 9.17. The molecule has 0 radical (unpaired) electrons. The van der Waals surface area contributed by atoms with Gasteiger partial charge >= 0.3 is 5.97 Å². The maximum atomic E-state index is 15.0. The van der Waals surface area contributed by atoms with Gasteiger partial charge in [0.15, 0.2) is 17.4 Å². The third kappa shape index (κ3) is 5.91. The van der Waals surface area contributed by atoms with Crippen molar-refractivity contribution in [2.75, 3.05) is 23.3 Å². The average molecular weight is 613 g/mol. The number of carbonyl (C=O) groups excluding carboxylic acids is 2. The number of rotatable bonds is 7. The van der Waals surface area contributed by atoms with Gasteiger partial charge in [0, 0.05) is 28.4 Å². The van der Waals surface area contributed by atoms with Crippen LogP contribution in [0.3, 0.4) is 0 Å². The van der Waals surface area contributed by atoms with Gasteiger partial charge < -0.3 is 15.0 Å². The molecule has 0 saturated carbocycles. The van der Waals surface area contributed by atoms with Gasteiger partial charge in [-0.2, -0.15) is 0 Å². The minimum Gasteiger partial charge on any atom is -0.421 e. The van der Waals surface area contributed by atoms with E-state index in [-0.39, 0.29) is 18.5 Å². The zero-order valence-electron chi connectivity index (χ0n) is 20.8. The van der Waals surface area contributed by atoms with Crippen LogP contribution in [0.25, 0.3) is 10.9 Å². The lowest BCUT2D eigenvalue weighted by Crippen LogP contribution is -2.37. The van der Waals surface area contributed by atoms with E-state index in [9.17, 15) is 18.4 Å². The van der Waals surface area contributed by atoms with Gasteiger partial charge in [0.05, 0.1) is 22.6 Å². The van der Waals surface area contributed by atoms with Crippen LogP contribution in [0.1, 0.15) is 54.9 Å². The number of benzene rings is 2. The predicted octanol–water partition coefficient (Wildman–Crippen LogP) is 7.52. The van der Waals surface area contributed by atoms with Crippen LogP contribution < -0.4 is 15.0 Å². The van der Waals surface area contributed by atoms with E-state index in [1.54, 1.807) is 30.0 Å². The Morgan fingerprint density at radius 1 is 1.29 bits per heavy atom. The molecule has 11 heteroatoms. The van der Waals surface area contributed by atoms with E-state index < -0.39 is 46.1 Å². The number of nitrogens with one attached hydrogen (secondary N) is 1. The Kier molecular flexibility index (Phi) is 8.82. The molecule has 1 N–H and O–H groups in total. The van der Waals surface area contributed by atoms with Gasteiger partial charge in [-0.3, -0.25) is 9.59 Å². The predicted molar refractivity (Wildman–Crippen MR) is 145 cm³/mol. The van der Waals surface area contributed by atoms with Crippen molar-refractivity contribution in [3.05, 3.63) is 56.5 Å². The maximum Gasteiger partial charge on any atom is 0.311 e. The molecule has 4 rings (SSSR count). The maximum absolute atomic E-state index is 15.0. The fraction of sp³-hybridized carbons (Fsp3) is 0.370. The third-order valence-corrected chi connectivity index (χ3v) is 7.14. The number of unbranched alkanes of at least 4 members (excludes halogenated alkanes) is 1. The Morgan fingerprint density at radius 2 is 2.05 bits per heavy atom. The van der Waals surface area contributed by atoms with E-state index in [0.717, 1.165) is 0 Å². The molecule has 1 unspecified atom stereocenters. The SMILES string of the molecule is CCCCC(=O)Oc1c(F)c(Cl)cc(F)c1NC(=O)c1c(C)c(N2CCCC(F)C2)nc2ccc(Br)cc12. The summed E-state index contributed by atoms with van der Waals surface area (Å²) in [6.45, 7) is 4.23. The molecule has 38 heavy (non-hydrogen) atoms. The summed E-state index contributed by atoms with van der Waals surface area (Å²) in [4.78, 5) is 32.4. The summed E-state index contributed by atoms with van der Waals surface area (Å²) < 4.78 is 50.0. The van der Waals surface area contributed by atoms with E-state index in [0.29, 0.717) is 65.1 Å². The number of alkyl halides is 1. The molecule has 0 aliphatic carbocycles. The van der Waals surface area contributed by atoms with Crippen molar-refractivity contribution in [2.24, 2.45) is 0 Å². The van der Waals surface area contributed by atoms with Crippen molar-refractivity contribution in [3.63, 3.8) is 0 Å². The van der Waals surface area contributed by atoms with Crippen LogP contribution in [0.2, 0.25) is 5.02 Å². The Labute approximate surface area is 231 Å². The van der Waals surface area contributed by atoms with Crippen LogP contribution in [-0.2, 0) is 4.79 Å². The van der Waals surface area contributed by atoms with Crippen molar-refractivity contribution in [3.8, 4) is 5.75 Å².